The second-order valence-corrected chi connectivity index (χ2v) is 13.5. The van der Waals surface area contributed by atoms with E-state index in [1.807, 2.05) is 11.3 Å². The number of hydrogen-bond donors (Lipinski definition) is 0. The Labute approximate surface area is 278 Å². The Bertz CT molecular complexity index is 2940. The van der Waals surface area contributed by atoms with Gasteiger partial charge in [0.1, 0.15) is 11.2 Å². The fourth-order valence-electron chi connectivity index (χ4n) is 7.71. The summed E-state index contributed by atoms with van der Waals surface area (Å²) in [5, 5.41) is 11.4. The Balaban J connectivity index is 1.29. The zero-order chi connectivity index (χ0) is 31.3. The molecular weight excluding hydrogens is 607 g/mol. The number of benzene rings is 8. The van der Waals surface area contributed by atoms with Gasteiger partial charge in [-0.2, -0.15) is 0 Å². The van der Waals surface area contributed by atoms with E-state index in [1.165, 1.54) is 20.2 Å². The molecule has 0 radical (unpaired) electrons. The summed E-state index contributed by atoms with van der Waals surface area (Å²) in [5.41, 5.74) is 6.52. The average molecular weight is 632 g/mol. The van der Waals surface area contributed by atoms with Crippen LogP contribution in [0.3, 0.4) is 0 Å². The first-order chi connectivity index (χ1) is 23.8. The standard InChI is InChI=1S/C44H25NO2S/c1-3-12-28-26(10-1)22-24-32-30-15-7-18-36(43(30)46-41(28)32)45(35-17-9-21-39-40(35)34-14-5-6-20-38(34)48-39)37-19-8-16-31-33-25-23-27-11-2-4-13-29(27)42(33)47-44(31)37/h1-25H. The van der Waals surface area contributed by atoms with Crippen molar-refractivity contribution in [1.29, 1.82) is 0 Å². The van der Waals surface area contributed by atoms with Crippen LogP contribution < -0.4 is 4.90 Å². The highest BCUT2D eigenvalue weighted by molar-refractivity contribution is 7.26. The van der Waals surface area contributed by atoms with Crippen molar-refractivity contribution in [2.24, 2.45) is 0 Å². The lowest BCUT2D eigenvalue weighted by Gasteiger charge is -2.26. The normalized spacial score (nSPS) is 12.2. The number of rotatable bonds is 3. The molecule has 224 valence electrons. The van der Waals surface area contributed by atoms with Gasteiger partial charge in [-0.05, 0) is 53.2 Å². The van der Waals surface area contributed by atoms with E-state index < -0.39 is 0 Å². The van der Waals surface area contributed by atoms with Crippen LogP contribution in [-0.2, 0) is 0 Å². The van der Waals surface area contributed by atoms with Gasteiger partial charge in [-0.1, -0.05) is 109 Å². The van der Waals surface area contributed by atoms with Crippen molar-refractivity contribution in [2.45, 2.75) is 0 Å². The van der Waals surface area contributed by atoms with E-state index in [-0.39, 0.29) is 0 Å². The maximum atomic E-state index is 6.96. The zero-order valence-electron chi connectivity index (χ0n) is 25.6. The monoisotopic (exact) mass is 631 g/mol. The Hall–Kier alpha value is -6.10. The third kappa shape index (κ3) is 3.52. The molecule has 0 N–H and O–H groups in total. The molecule has 48 heavy (non-hydrogen) atoms. The first-order valence-corrected chi connectivity index (χ1v) is 17.0. The molecule has 0 saturated carbocycles. The third-order valence-corrected chi connectivity index (χ3v) is 11.0. The molecule has 0 bridgehead atoms. The van der Waals surface area contributed by atoms with Gasteiger partial charge in [0.25, 0.3) is 0 Å². The molecular formula is C44H25NO2S. The average Bonchev–Trinajstić information content (AvgIpc) is 3.84. The lowest BCUT2D eigenvalue weighted by molar-refractivity contribution is 0.670. The van der Waals surface area contributed by atoms with Crippen molar-refractivity contribution in [2.75, 3.05) is 4.90 Å². The van der Waals surface area contributed by atoms with Gasteiger partial charge in [0.05, 0.1) is 17.1 Å². The number of fused-ring (bicyclic) bond motifs is 13. The fourth-order valence-corrected chi connectivity index (χ4v) is 8.83. The maximum Gasteiger partial charge on any atom is 0.159 e. The molecule has 3 heterocycles. The van der Waals surface area contributed by atoms with Gasteiger partial charge in [0.2, 0.25) is 0 Å². The molecule has 0 aliphatic rings. The molecule has 0 aliphatic carbocycles. The van der Waals surface area contributed by atoms with E-state index in [0.717, 1.165) is 82.5 Å². The van der Waals surface area contributed by atoms with Crippen LogP contribution in [0.1, 0.15) is 0 Å². The minimum absolute atomic E-state index is 0.846. The van der Waals surface area contributed by atoms with Crippen LogP contribution in [0.5, 0.6) is 0 Å². The molecule has 4 heteroatoms. The van der Waals surface area contributed by atoms with Crippen LogP contribution in [0.25, 0.3) is 85.6 Å². The highest BCUT2D eigenvalue weighted by atomic mass is 32.1. The molecule has 3 aromatic heterocycles. The fraction of sp³-hybridized carbons (Fsp3) is 0. The SMILES string of the molecule is c1ccc2c(c1)ccc1c3cccc(N(c4cccc5c4oc4c6ccccc6ccc54)c4cccc5sc6ccccc6c45)c3oc21. The summed E-state index contributed by atoms with van der Waals surface area (Å²) in [6, 6.07) is 54.0. The molecule has 0 saturated heterocycles. The minimum atomic E-state index is 0.846. The molecule has 11 rings (SSSR count). The molecule has 0 fully saturated rings. The van der Waals surface area contributed by atoms with Crippen molar-refractivity contribution in [3.8, 4) is 0 Å². The summed E-state index contributed by atoms with van der Waals surface area (Å²) in [5.74, 6) is 0. The molecule has 0 atom stereocenters. The van der Waals surface area contributed by atoms with Crippen molar-refractivity contribution in [3.63, 3.8) is 0 Å². The molecule has 0 amide bonds. The van der Waals surface area contributed by atoms with Gasteiger partial charge in [-0.25, -0.2) is 0 Å². The van der Waals surface area contributed by atoms with Gasteiger partial charge in [0, 0.05) is 52.5 Å². The van der Waals surface area contributed by atoms with Gasteiger partial charge >= 0.3 is 0 Å². The summed E-state index contributed by atoms with van der Waals surface area (Å²) in [6.07, 6.45) is 0. The van der Waals surface area contributed by atoms with E-state index >= 15 is 0 Å². The summed E-state index contributed by atoms with van der Waals surface area (Å²) in [7, 11) is 0. The lowest BCUT2D eigenvalue weighted by Crippen LogP contribution is -2.11. The van der Waals surface area contributed by atoms with E-state index in [4.69, 9.17) is 8.83 Å². The molecule has 0 aliphatic heterocycles. The molecule has 8 aromatic carbocycles. The third-order valence-electron chi connectivity index (χ3n) is 9.84. The van der Waals surface area contributed by atoms with Crippen LogP contribution in [0.15, 0.2) is 160 Å². The Morgan fingerprint density at radius 3 is 1.42 bits per heavy atom. The lowest BCUT2D eigenvalue weighted by atomic mass is 10.0. The van der Waals surface area contributed by atoms with E-state index in [2.05, 4.69) is 157 Å². The zero-order valence-corrected chi connectivity index (χ0v) is 26.4. The molecule has 3 nitrogen and oxygen atoms in total. The second kappa shape index (κ2) is 9.71. The number of thiophene rings is 1. The van der Waals surface area contributed by atoms with Gasteiger partial charge in [-0.3, -0.25) is 0 Å². The van der Waals surface area contributed by atoms with Crippen LogP contribution in [0.4, 0.5) is 17.1 Å². The Morgan fingerprint density at radius 2 is 0.792 bits per heavy atom. The summed E-state index contributed by atoms with van der Waals surface area (Å²) >= 11 is 1.83. The number of para-hydroxylation sites is 2. The highest BCUT2D eigenvalue weighted by Gasteiger charge is 2.26. The van der Waals surface area contributed by atoms with Crippen molar-refractivity contribution in [3.05, 3.63) is 152 Å². The van der Waals surface area contributed by atoms with Crippen LogP contribution in [-0.4, -0.2) is 0 Å². The van der Waals surface area contributed by atoms with Gasteiger partial charge in [0.15, 0.2) is 11.2 Å². The molecule has 0 unspecified atom stereocenters. The van der Waals surface area contributed by atoms with E-state index in [1.54, 1.807) is 0 Å². The van der Waals surface area contributed by atoms with Gasteiger partial charge in [-0.15, -0.1) is 11.3 Å². The molecule has 0 spiro atoms. The second-order valence-electron chi connectivity index (χ2n) is 12.4. The number of anilines is 3. The first-order valence-electron chi connectivity index (χ1n) is 16.2. The highest BCUT2D eigenvalue weighted by Crippen LogP contribution is 2.50. The Morgan fingerprint density at radius 1 is 0.333 bits per heavy atom. The molecule has 11 aromatic rings. The quantitative estimate of drug-likeness (QED) is 0.194. The predicted octanol–water partition coefficient (Wildman–Crippen LogP) is 13.6. The summed E-state index contributed by atoms with van der Waals surface area (Å²) in [4.78, 5) is 2.36. The predicted molar refractivity (Wildman–Crippen MR) is 204 cm³/mol. The van der Waals surface area contributed by atoms with E-state index in [0.29, 0.717) is 0 Å². The van der Waals surface area contributed by atoms with Crippen molar-refractivity contribution >= 4 is 114 Å². The number of hydrogen-bond acceptors (Lipinski definition) is 4. The topological polar surface area (TPSA) is 29.5 Å². The maximum absolute atomic E-state index is 6.96. The van der Waals surface area contributed by atoms with Crippen LogP contribution in [0, 0.1) is 0 Å². The largest absolute Gasteiger partial charge is 0.453 e. The minimum Gasteiger partial charge on any atom is -0.453 e. The number of furan rings is 2. The smallest absolute Gasteiger partial charge is 0.159 e. The summed E-state index contributed by atoms with van der Waals surface area (Å²) in [6.45, 7) is 0. The number of nitrogens with zero attached hydrogens (tertiary/aromatic N) is 1. The summed E-state index contributed by atoms with van der Waals surface area (Å²) < 4.78 is 16.4. The van der Waals surface area contributed by atoms with Gasteiger partial charge < -0.3 is 13.7 Å². The van der Waals surface area contributed by atoms with Crippen molar-refractivity contribution < 1.29 is 8.83 Å². The van der Waals surface area contributed by atoms with Crippen LogP contribution in [0.2, 0.25) is 0 Å². The van der Waals surface area contributed by atoms with E-state index in [9.17, 15) is 0 Å². The van der Waals surface area contributed by atoms with Crippen LogP contribution >= 0.6 is 11.3 Å². The van der Waals surface area contributed by atoms with Crippen molar-refractivity contribution in [1.82, 2.24) is 0 Å². The Kier molecular flexibility index (Phi) is 5.26. The first kappa shape index (κ1) is 26.0.